The molecule has 0 radical (unpaired) electrons. The maximum atomic E-state index is 9.95. The second-order valence-electron chi connectivity index (χ2n) is 2.40. The van der Waals surface area contributed by atoms with Crippen LogP contribution in [0.2, 0.25) is 0 Å². The van der Waals surface area contributed by atoms with Gasteiger partial charge in [0.2, 0.25) is 0 Å². The van der Waals surface area contributed by atoms with E-state index in [0.717, 1.165) is 0 Å². The fourth-order valence-corrected chi connectivity index (χ4v) is 0.819. The molecule has 1 aliphatic heterocycles. The van der Waals surface area contributed by atoms with Crippen molar-refractivity contribution < 1.29 is 5.03 Å². The molecule has 11 heavy (non-hydrogen) atoms. The minimum absolute atomic E-state index is 0.429. The van der Waals surface area contributed by atoms with Crippen LogP contribution < -0.4 is 16.1 Å². The third kappa shape index (κ3) is 2.66. The van der Waals surface area contributed by atoms with E-state index in [1.165, 1.54) is 0 Å². The zero-order chi connectivity index (χ0) is 8.27. The van der Waals surface area contributed by atoms with Gasteiger partial charge in [-0.05, 0) is 7.05 Å². The van der Waals surface area contributed by atoms with Gasteiger partial charge in [-0.2, -0.15) is 0 Å². The fourth-order valence-electron chi connectivity index (χ4n) is 0.819. The standard InChI is InChI=1S/C4H11N5O2/c1-8-2-5-4(6-3-8)7-9(10)11/h4-7H,2-3H2,1H3. The molecular formula is C4H11N5O2. The van der Waals surface area contributed by atoms with E-state index in [1.807, 2.05) is 11.9 Å². The molecule has 0 aromatic rings. The van der Waals surface area contributed by atoms with Crippen molar-refractivity contribution in [1.82, 2.24) is 21.0 Å². The highest BCUT2D eigenvalue weighted by Gasteiger charge is 2.17. The third-order valence-corrected chi connectivity index (χ3v) is 1.37. The first-order valence-electron chi connectivity index (χ1n) is 3.24. The van der Waals surface area contributed by atoms with Crippen LogP contribution in [-0.2, 0) is 0 Å². The van der Waals surface area contributed by atoms with E-state index in [1.54, 1.807) is 0 Å². The van der Waals surface area contributed by atoms with E-state index in [0.29, 0.717) is 13.3 Å². The van der Waals surface area contributed by atoms with E-state index in [-0.39, 0.29) is 0 Å². The zero-order valence-corrected chi connectivity index (χ0v) is 6.20. The van der Waals surface area contributed by atoms with Crippen LogP contribution in [0.3, 0.4) is 0 Å². The highest BCUT2D eigenvalue weighted by atomic mass is 16.7. The van der Waals surface area contributed by atoms with Gasteiger partial charge in [-0.3, -0.25) is 15.5 Å². The summed E-state index contributed by atoms with van der Waals surface area (Å²) in [6.45, 7) is 1.27. The van der Waals surface area contributed by atoms with Crippen molar-refractivity contribution in [3.05, 3.63) is 10.1 Å². The van der Waals surface area contributed by atoms with Gasteiger partial charge in [-0.15, -0.1) is 5.43 Å². The summed E-state index contributed by atoms with van der Waals surface area (Å²) in [5.74, 6) is 0. The summed E-state index contributed by atoms with van der Waals surface area (Å²) in [5.41, 5.74) is 2.08. The monoisotopic (exact) mass is 161 g/mol. The highest BCUT2D eigenvalue weighted by Crippen LogP contribution is 1.84. The molecule has 1 saturated heterocycles. The first-order valence-corrected chi connectivity index (χ1v) is 3.24. The molecule has 0 aromatic heterocycles. The van der Waals surface area contributed by atoms with Crippen molar-refractivity contribution in [2.45, 2.75) is 6.29 Å². The summed E-state index contributed by atoms with van der Waals surface area (Å²) >= 11 is 0. The van der Waals surface area contributed by atoms with Gasteiger partial charge in [-0.25, -0.2) is 10.1 Å². The summed E-state index contributed by atoms with van der Waals surface area (Å²) in [5, 5.41) is 15.1. The Bertz CT molecular complexity index is 143. The Morgan fingerprint density at radius 3 is 2.64 bits per heavy atom. The predicted octanol–water partition coefficient (Wildman–Crippen LogP) is -1.91. The maximum absolute atomic E-state index is 9.95. The molecule has 7 heteroatoms. The average molecular weight is 161 g/mol. The van der Waals surface area contributed by atoms with Crippen molar-refractivity contribution in [2.75, 3.05) is 20.4 Å². The van der Waals surface area contributed by atoms with Crippen molar-refractivity contribution in [3.63, 3.8) is 0 Å². The van der Waals surface area contributed by atoms with Gasteiger partial charge < -0.3 is 0 Å². The molecular weight excluding hydrogens is 150 g/mol. The lowest BCUT2D eigenvalue weighted by Crippen LogP contribution is -2.63. The number of hydrogen-bond donors (Lipinski definition) is 3. The Balaban J connectivity index is 2.22. The van der Waals surface area contributed by atoms with Crippen molar-refractivity contribution >= 4 is 0 Å². The third-order valence-electron chi connectivity index (χ3n) is 1.37. The summed E-state index contributed by atoms with van der Waals surface area (Å²) < 4.78 is 0. The summed E-state index contributed by atoms with van der Waals surface area (Å²) in [6, 6.07) is 0. The Hall–Kier alpha value is -0.920. The van der Waals surface area contributed by atoms with Crippen LogP contribution in [-0.4, -0.2) is 36.6 Å². The molecule has 0 aromatic carbocycles. The SMILES string of the molecule is CN1CNC(N[N+](=O)[O-])NC1. The molecule has 0 atom stereocenters. The number of nitrogens with zero attached hydrogens (tertiary/aromatic N) is 2. The first-order chi connectivity index (χ1) is 5.18. The zero-order valence-electron chi connectivity index (χ0n) is 6.20. The molecule has 0 unspecified atom stereocenters. The second-order valence-corrected chi connectivity index (χ2v) is 2.40. The molecule has 0 saturated carbocycles. The summed E-state index contributed by atoms with van der Waals surface area (Å²) in [7, 11) is 1.91. The van der Waals surface area contributed by atoms with Gasteiger partial charge in [0.1, 0.15) is 0 Å². The van der Waals surface area contributed by atoms with Crippen LogP contribution in [0, 0.1) is 10.1 Å². The quantitative estimate of drug-likeness (QED) is 0.324. The topological polar surface area (TPSA) is 82.5 Å². The van der Waals surface area contributed by atoms with Crippen molar-refractivity contribution in [1.29, 1.82) is 0 Å². The van der Waals surface area contributed by atoms with E-state index in [9.17, 15) is 10.1 Å². The molecule has 3 N–H and O–H groups in total. The number of nitrogens with one attached hydrogen (secondary N) is 3. The van der Waals surface area contributed by atoms with Gasteiger partial charge in [0, 0.05) is 0 Å². The van der Waals surface area contributed by atoms with E-state index in [2.05, 4.69) is 16.1 Å². The van der Waals surface area contributed by atoms with Gasteiger partial charge in [0.15, 0.2) is 11.3 Å². The lowest BCUT2D eigenvalue weighted by Gasteiger charge is -2.29. The van der Waals surface area contributed by atoms with E-state index >= 15 is 0 Å². The second kappa shape index (κ2) is 3.46. The number of rotatable bonds is 2. The largest absolute Gasteiger partial charge is 0.281 e. The van der Waals surface area contributed by atoms with Gasteiger partial charge in [0.25, 0.3) is 0 Å². The fraction of sp³-hybridized carbons (Fsp3) is 1.00. The normalized spacial score (nSPS) is 21.5. The van der Waals surface area contributed by atoms with Gasteiger partial charge >= 0.3 is 0 Å². The Morgan fingerprint density at radius 1 is 1.64 bits per heavy atom. The van der Waals surface area contributed by atoms with Crippen molar-refractivity contribution in [3.8, 4) is 0 Å². The lowest BCUT2D eigenvalue weighted by molar-refractivity contribution is -0.554. The molecule has 1 heterocycles. The minimum Gasteiger partial charge on any atom is -0.281 e. The molecule has 0 bridgehead atoms. The molecule has 1 rings (SSSR count). The van der Waals surface area contributed by atoms with Crippen LogP contribution in [0.1, 0.15) is 0 Å². The molecule has 64 valence electrons. The summed E-state index contributed by atoms with van der Waals surface area (Å²) in [4.78, 5) is 11.9. The maximum Gasteiger partial charge on any atom is 0.192 e. The lowest BCUT2D eigenvalue weighted by atomic mass is 10.6. The summed E-state index contributed by atoms with van der Waals surface area (Å²) in [6.07, 6.45) is -0.429. The Kier molecular flexibility index (Phi) is 2.58. The molecule has 0 aliphatic carbocycles. The van der Waals surface area contributed by atoms with Crippen molar-refractivity contribution in [2.24, 2.45) is 0 Å². The van der Waals surface area contributed by atoms with Gasteiger partial charge in [-0.1, -0.05) is 0 Å². The highest BCUT2D eigenvalue weighted by molar-refractivity contribution is 4.62. The number of nitro groups is 1. The number of hydrazine groups is 1. The Labute approximate surface area is 63.9 Å². The van der Waals surface area contributed by atoms with Crippen LogP contribution in [0.5, 0.6) is 0 Å². The Morgan fingerprint density at radius 2 is 2.18 bits per heavy atom. The first kappa shape index (κ1) is 8.18. The van der Waals surface area contributed by atoms with Crippen LogP contribution in [0.15, 0.2) is 0 Å². The predicted molar refractivity (Wildman–Crippen MR) is 37.7 cm³/mol. The minimum atomic E-state index is -0.573. The molecule has 0 spiro atoms. The molecule has 7 nitrogen and oxygen atoms in total. The molecule has 1 fully saturated rings. The molecule has 1 aliphatic rings. The van der Waals surface area contributed by atoms with E-state index in [4.69, 9.17) is 0 Å². The van der Waals surface area contributed by atoms with Crippen LogP contribution in [0.4, 0.5) is 0 Å². The van der Waals surface area contributed by atoms with Crippen LogP contribution in [0.25, 0.3) is 0 Å². The number of hydrogen-bond acceptors (Lipinski definition) is 5. The van der Waals surface area contributed by atoms with Crippen LogP contribution >= 0.6 is 0 Å². The van der Waals surface area contributed by atoms with E-state index < -0.39 is 11.3 Å². The molecule has 0 amide bonds. The smallest absolute Gasteiger partial charge is 0.192 e. The van der Waals surface area contributed by atoms with Gasteiger partial charge in [0.05, 0.1) is 13.3 Å². The average Bonchev–Trinajstić information content (AvgIpc) is 1.93.